The summed E-state index contributed by atoms with van der Waals surface area (Å²) in [6.45, 7) is 15.9. The van der Waals surface area contributed by atoms with Crippen molar-refractivity contribution in [3.63, 3.8) is 0 Å². The zero-order chi connectivity index (χ0) is 28.5. The number of anilines is 1. The maximum Gasteiger partial charge on any atom is 0.253 e. The van der Waals surface area contributed by atoms with Crippen LogP contribution < -0.4 is 20.3 Å². The molecule has 0 radical (unpaired) electrons. The Hall–Kier alpha value is -2.86. The number of nitrogens with one attached hydrogen (secondary N) is 2. The molecule has 2 aromatic rings. The number of hydrogen-bond acceptors (Lipinski definition) is 7. The number of pyridine rings is 1. The van der Waals surface area contributed by atoms with E-state index in [9.17, 15) is 4.79 Å². The highest BCUT2D eigenvalue weighted by molar-refractivity contribution is 6.31. The Kier molecular flexibility index (Phi) is 8.28. The molecule has 0 atom stereocenters. The lowest BCUT2D eigenvalue weighted by Gasteiger charge is -2.63. The van der Waals surface area contributed by atoms with Crippen LogP contribution in [0.2, 0.25) is 5.02 Å². The van der Waals surface area contributed by atoms with Crippen molar-refractivity contribution in [2.45, 2.75) is 52.7 Å². The first-order chi connectivity index (χ1) is 19.1. The SMILES string of the molecule is CC1(C)C(NC(=O)c2ccc(N3CCN(CC4CCNCC4)CC3)nc2)C(C)(C)C1Oc1ccc(C#N)c(Cl)c1. The van der Waals surface area contributed by atoms with E-state index in [1.165, 1.54) is 19.4 Å². The van der Waals surface area contributed by atoms with Gasteiger partial charge < -0.3 is 20.3 Å². The summed E-state index contributed by atoms with van der Waals surface area (Å²) in [6.07, 6.45) is 4.10. The van der Waals surface area contributed by atoms with Gasteiger partial charge in [0.25, 0.3) is 5.91 Å². The topological polar surface area (TPSA) is 93.5 Å². The molecular formula is C31H41ClN6O2. The van der Waals surface area contributed by atoms with E-state index >= 15 is 0 Å². The van der Waals surface area contributed by atoms with E-state index < -0.39 is 0 Å². The van der Waals surface area contributed by atoms with Gasteiger partial charge in [0.15, 0.2) is 0 Å². The highest BCUT2D eigenvalue weighted by Crippen LogP contribution is 2.55. The van der Waals surface area contributed by atoms with Gasteiger partial charge in [0.05, 0.1) is 16.1 Å². The molecule has 1 aliphatic carbocycles. The monoisotopic (exact) mass is 564 g/mol. The normalized spacial score (nSPS) is 24.6. The van der Waals surface area contributed by atoms with E-state index in [4.69, 9.17) is 21.6 Å². The number of rotatable bonds is 7. The van der Waals surface area contributed by atoms with Crippen LogP contribution in [0.25, 0.3) is 0 Å². The Morgan fingerprint density at radius 3 is 2.42 bits per heavy atom. The van der Waals surface area contributed by atoms with E-state index in [1.54, 1.807) is 24.4 Å². The lowest BCUT2D eigenvalue weighted by Crippen LogP contribution is -2.74. The molecular weight excluding hydrogens is 524 g/mol. The Bertz CT molecular complexity index is 1230. The largest absolute Gasteiger partial charge is 0.489 e. The van der Waals surface area contributed by atoms with Crippen LogP contribution in [0.4, 0.5) is 5.82 Å². The van der Waals surface area contributed by atoms with Crippen LogP contribution in [-0.2, 0) is 0 Å². The molecule has 8 nitrogen and oxygen atoms in total. The number of benzene rings is 1. The molecule has 9 heteroatoms. The zero-order valence-corrected chi connectivity index (χ0v) is 24.8. The van der Waals surface area contributed by atoms with Crippen LogP contribution in [-0.4, -0.2) is 73.8 Å². The molecule has 0 unspecified atom stereocenters. The summed E-state index contributed by atoms with van der Waals surface area (Å²) in [5.41, 5.74) is 0.338. The van der Waals surface area contributed by atoms with Gasteiger partial charge in [-0.05, 0) is 56.1 Å². The number of amides is 1. The molecule has 1 aromatic heterocycles. The molecule has 0 spiro atoms. The smallest absolute Gasteiger partial charge is 0.253 e. The van der Waals surface area contributed by atoms with E-state index in [-0.39, 0.29) is 28.9 Å². The van der Waals surface area contributed by atoms with E-state index in [0.717, 1.165) is 51.0 Å². The maximum atomic E-state index is 13.3. The predicted molar refractivity (Wildman–Crippen MR) is 158 cm³/mol. The number of nitrogens with zero attached hydrogens (tertiary/aromatic N) is 4. The predicted octanol–water partition coefficient (Wildman–Crippen LogP) is 4.34. The van der Waals surface area contributed by atoms with Gasteiger partial charge in [0, 0.05) is 61.9 Å². The third-order valence-electron chi connectivity index (χ3n) is 9.11. The number of halogens is 1. The number of piperazine rings is 1. The molecule has 3 fully saturated rings. The van der Waals surface area contributed by atoms with Crippen LogP contribution in [0.5, 0.6) is 5.75 Å². The molecule has 1 saturated carbocycles. The Labute approximate surface area is 243 Å². The summed E-state index contributed by atoms with van der Waals surface area (Å²) >= 11 is 6.21. The van der Waals surface area contributed by atoms with Crippen LogP contribution in [0.15, 0.2) is 36.5 Å². The van der Waals surface area contributed by atoms with Crippen LogP contribution in [0.1, 0.15) is 56.5 Å². The number of nitriles is 1. The number of aromatic nitrogens is 1. The summed E-state index contributed by atoms with van der Waals surface area (Å²) in [6, 6.07) is 10.9. The molecule has 5 rings (SSSR count). The molecule has 2 aliphatic heterocycles. The molecule has 2 saturated heterocycles. The first-order valence-electron chi connectivity index (χ1n) is 14.4. The first kappa shape index (κ1) is 28.7. The Morgan fingerprint density at radius 1 is 1.12 bits per heavy atom. The highest BCUT2D eigenvalue weighted by atomic mass is 35.5. The summed E-state index contributed by atoms with van der Waals surface area (Å²) in [7, 11) is 0. The highest BCUT2D eigenvalue weighted by Gasteiger charge is 2.64. The molecule has 1 amide bonds. The second-order valence-corrected chi connectivity index (χ2v) is 13.1. The summed E-state index contributed by atoms with van der Waals surface area (Å²) < 4.78 is 6.34. The van der Waals surface area contributed by atoms with Crippen molar-refractivity contribution in [3.8, 4) is 11.8 Å². The van der Waals surface area contributed by atoms with Gasteiger partial charge in [-0.25, -0.2) is 4.98 Å². The number of carbonyl (C=O) groups excluding carboxylic acids is 1. The van der Waals surface area contributed by atoms with E-state index in [0.29, 0.717) is 21.9 Å². The lowest BCUT2D eigenvalue weighted by atomic mass is 9.49. The standard InChI is InChI=1S/C31H41ClN6O2/c1-30(2)28(31(3,4)29(30)40-24-7-5-22(18-33)25(32)17-24)36-27(39)23-6-8-26(35-19-23)38-15-13-37(14-16-38)20-21-9-11-34-12-10-21/h5-8,17,19,21,28-29,34H,9-16,20H2,1-4H3,(H,36,39). The molecule has 214 valence electrons. The Morgan fingerprint density at radius 2 is 1.82 bits per heavy atom. The fraction of sp³-hybridized carbons (Fsp3) is 0.581. The van der Waals surface area contributed by atoms with Crippen LogP contribution in [0, 0.1) is 28.1 Å². The maximum absolute atomic E-state index is 13.3. The number of ether oxygens (including phenoxy) is 1. The van der Waals surface area contributed by atoms with Crippen molar-refractivity contribution in [3.05, 3.63) is 52.7 Å². The van der Waals surface area contributed by atoms with E-state index in [2.05, 4.69) is 59.2 Å². The van der Waals surface area contributed by atoms with Crippen molar-refractivity contribution in [1.82, 2.24) is 20.5 Å². The van der Waals surface area contributed by atoms with Crippen molar-refractivity contribution in [1.29, 1.82) is 5.26 Å². The van der Waals surface area contributed by atoms with Gasteiger partial charge in [-0.3, -0.25) is 9.69 Å². The second-order valence-electron chi connectivity index (χ2n) is 12.7. The summed E-state index contributed by atoms with van der Waals surface area (Å²) in [4.78, 5) is 22.8. The number of hydrogen-bond donors (Lipinski definition) is 2. The van der Waals surface area contributed by atoms with Gasteiger partial charge in [-0.1, -0.05) is 39.3 Å². The molecule has 3 heterocycles. The quantitative estimate of drug-likeness (QED) is 0.516. The number of carbonyl (C=O) groups is 1. The van der Waals surface area contributed by atoms with Gasteiger partial charge >= 0.3 is 0 Å². The molecule has 3 aliphatic rings. The summed E-state index contributed by atoms with van der Waals surface area (Å²) in [5.74, 6) is 2.23. The molecule has 40 heavy (non-hydrogen) atoms. The summed E-state index contributed by atoms with van der Waals surface area (Å²) in [5, 5.41) is 16.2. The fourth-order valence-electron chi connectivity index (χ4n) is 7.11. The minimum atomic E-state index is -0.319. The van der Waals surface area contributed by atoms with Crippen molar-refractivity contribution < 1.29 is 9.53 Å². The first-order valence-corrected chi connectivity index (χ1v) is 14.8. The van der Waals surface area contributed by atoms with Crippen LogP contribution >= 0.6 is 11.6 Å². The second kappa shape index (κ2) is 11.6. The van der Waals surface area contributed by atoms with Gasteiger partial charge in [-0.15, -0.1) is 0 Å². The third-order valence-corrected chi connectivity index (χ3v) is 9.42. The minimum Gasteiger partial charge on any atom is -0.489 e. The van der Waals surface area contributed by atoms with Crippen molar-refractivity contribution in [2.24, 2.45) is 16.7 Å². The van der Waals surface area contributed by atoms with Crippen molar-refractivity contribution in [2.75, 3.05) is 50.7 Å². The molecule has 0 bridgehead atoms. The Balaban J connectivity index is 1.15. The van der Waals surface area contributed by atoms with Crippen LogP contribution in [0.3, 0.4) is 0 Å². The van der Waals surface area contributed by atoms with E-state index in [1.807, 2.05) is 12.1 Å². The minimum absolute atomic E-state index is 0.0981. The lowest BCUT2D eigenvalue weighted by molar-refractivity contribution is -0.164. The number of piperidine rings is 1. The van der Waals surface area contributed by atoms with Gasteiger partial charge in [-0.2, -0.15) is 5.26 Å². The zero-order valence-electron chi connectivity index (χ0n) is 24.0. The average Bonchev–Trinajstić information content (AvgIpc) is 2.95. The molecule has 2 N–H and O–H groups in total. The average molecular weight is 565 g/mol. The fourth-order valence-corrected chi connectivity index (χ4v) is 7.32. The third kappa shape index (κ3) is 5.79. The van der Waals surface area contributed by atoms with Crippen molar-refractivity contribution >= 4 is 23.3 Å². The van der Waals surface area contributed by atoms with Gasteiger partial charge in [0.1, 0.15) is 23.7 Å². The molecule has 1 aromatic carbocycles. The van der Waals surface area contributed by atoms with Gasteiger partial charge in [0.2, 0.25) is 0 Å².